The molecule has 114 valence electrons. The first-order valence-corrected chi connectivity index (χ1v) is 7.90. The van der Waals surface area contributed by atoms with Gasteiger partial charge in [0.15, 0.2) is 0 Å². The molecule has 2 aromatic rings. The number of nitrogens with one attached hydrogen (secondary N) is 1. The lowest BCUT2D eigenvalue weighted by molar-refractivity contribution is 0.411. The number of benzene rings is 1. The summed E-state index contributed by atoms with van der Waals surface area (Å²) in [6.07, 6.45) is 2.12. The van der Waals surface area contributed by atoms with Crippen molar-refractivity contribution in [2.45, 2.75) is 39.4 Å². The van der Waals surface area contributed by atoms with Gasteiger partial charge >= 0.3 is 0 Å². The summed E-state index contributed by atoms with van der Waals surface area (Å²) in [6.45, 7) is 8.27. The van der Waals surface area contributed by atoms with Crippen LogP contribution in [0.15, 0.2) is 41.0 Å². The van der Waals surface area contributed by atoms with Crippen molar-refractivity contribution in [3.63, 3.8) is 0 Å². The molecular formula is C17H23BrN2O. The lowest BCUT2D eigenvalue weighted by Crippen LogP contribution is -2.35. The van der Waals surface area contributed by atoms with Gasteiger partial charge in [-0.3, -0.25) is 0 Å². The fourth-order valence-corrected chi connectivity index (χ4v) is 2.71. The molecule has 0 saturated heterocycles. The molecule has 0 spiro atoms. The Bertz CT molecular complexity index is 599. The maximum atomic E-state index is 5.27. The highest BCUT2D eigenvalue weighted by atomic mass is 79.9. The van der Waals surface area contributed by atoms with Gasteiger partial charge < -0.3 is 14.6 Å². The molecule has 0 amide bonds. The van der Waals surface area contributed by atoms with Crippen molar-refractivity contribution in [1.29, 1.82) is 0 Å². The SMILES string of the molecule is COc1ccc(Cn2cccc2CNC(C)(C)C)cc1Br. The Labute approximate surface area is 135 Å². The Hall–Kier alpha value is -1.26. The fraction of sp³-hybridized carbons (Fsp3) is 0.412. The second kappa shape index (κ2) is 6.67. The molecule has 0 saturated carbocycles. The normalized spacial score (nSPS) is 11.7. The number of nitrogens with zero attached hydrogens (tertiary/aromatic N) is 1. The monoisotopic (exact) mass is 350 g/mol. The molecule has 21 heavy (non-hydrogen) atoms. The highest BCUT2D eigenvalue weighted by molar-refractivity contribution is 9.10. The molecule has 4 heteroatoms. The Morgan fingerprint density at radius 2 is 2.00 bits per heavy atom. The van der Waals surface area contributed by atoms with Gasteiger partial charge in [-0.05, 0) is 66.5 Å². The van der Waals surface area contributed by atoms with Gasteiger partial charge in [-0.2, -0.15) is 0 Å². The van der Waals surface area contributed by atoms with E-state index in [1.165, 1.54) is 11.3 Å². The number of aromatic nitrogens is 1. The molecule has 0 fully saturated rings. The maximum Gasteiger partial charge on any atom is 0.133 e. The predicted molar refractivity (Wildman–Crippen MR) is 90.8 cm³/mol. The van der Waals surface area contributed by atoms with Gasteiger partial charge in [0.25, 0.3) is 0 Å². The summed E-state index contributed by atoms with van der Waals surface area (Å²) < 4.78 is 8.53. The smallest absolute Gasteiger partial charge is 0.133 e. The van der Waals surface area contributed by atoms with Crippen molar-refractivity contribution in [2.75, 3.05) is 7.11 Å². The molecule has 3 nitrogen and oxygen atoms in total. The number of halogens is 1. The van der Waals surface area contributed by atoms with Crippen LogP contribution in [0.4, 0.5) is 0 Å². The lowest BCUT2D eigenvalue weighted by atomic mass is 10.1. The Morgan fingerprint density at radius 1 is 1.24 bits per heavy atom. The quantitative estimate of drug-likeness (QED) is 0.874. The van der Waals surface area contributed by atoms with Gasteiger partial charge in [0, 0.05) is 30.5 Å². The summed E-state index contributed by atoms with van der Waals surface area (Å²) in [4.78, 5) is 0. The number of hydrogen-bond donors (Lipinski definition) is 1. The molecule has 0 atom stereocenters. The molecule has 0 aliphatic heterocycles. The number of ether oxygens (including phenoxy) is 1. The zero-order chi connectivity index (χ0) is 15.5. The minimum Gasteiger partial charge on any atom is -0.496 e. The van der Waals surface area contributed by atoms with Crippen molar-refractivity contribution >= 4 is 15.9 Å². The molecule has 0 bridgehead atoms. The van der Waals surface area contributed by atoms with Crippen LogP contribution in [0, 0.1) is 0 Å². The van der Waals surface area contributed by atoms with Gasteiger partial charge in [0.2, 0.25) is 0 Å². The summed E-state index contributed by atoms with van der Waals surface area (Å²) in [5.41, 5.74) is 2.66. The average molecular weight is 351 g/mol. The summed E-state index contributed by atoms with van der Waals surface area (Å²) in [5, 5.41) is 3.53. The molecule has 0 unspecified atom stereocenters. The van der Waals surface area contributed by atoms with Crippen LogP contribution in [0.25, 0.3) is 0 Å². The van der Waals surface area contributed by atoms with Gasteiger partial charge in [-0.25, -0.2) is 0 Å². The first-order chi connectivity index (χ1) is 9.89. The van der Waals surface area contributed by atoms with Crippen LogP contribution in [-0.2, 0) is 13.1 Å². The van der Waals surface area contributed by atoms with Crippen LogP contribution in [0.2, 0.25) is 0 Å². The van der Waals surface area contributed by atoms with Crippen molar-refractivity contribution in [2.24, 2.45) is 0 Å². The summed E-state index contributed by atoms with van der Waals surface area (Å²) in [5.74, 6) is 0.862. The first-order valence-electron chi connectivity index (χ1n) is 7.10. The third-order valence-corrected chi connectivity index (χ3v) is 3.91. The molecule has 1 N–H and O–H groups in total. The van der Waals surface area contributed by atoms with E-state index in [9.17, 15) is 0 Å². The highest BCUT2D eigenvalue weighted by Crippen LogP contribution is 2.26. The summed E-state index contributed by atoms with van der Waals surface area (Å²) in [6, 6.07) is 10.5. The van der Waals surface area contributed by atoms with E-state index in [1.807, 2.05) is 6.07 Å². The largest absolute Gasteiger partial charge is 0.496 e. The third kappa shape index (κ3) is 4.61. The topological polar surface area (TPSA) is 26.2 Å². The molecule has 0 aliphatic carbocycles. The first kappa shape index (κ1) is 16.1. The zero-order valence-corrected chi connectivity index (χ0v) is 14.7. The van der Waals surface area contributed by atoms with Crippen molar-refractivity contribution < 1.29 is 4.74 Å². The van der Waals surface area contributed by atoms with E-state index < -0.39 is 0 Å². The van der Waals surface area contributed by atoms with Gasteiger partial charge in [0.05, 0.1) is 11.6 Å². The van der Waals surface area contributed by atoms with E-state index in [0.29, 0.717) is 0 Å². The molecule has 1 aromatic carbocycles. The van der Waals surface area contributed by atoms with Crippen molar-refractivity contribution in [3.05, 3.63) is 52.3 Å². The van der Waals surface area contributed by atoms with Crippen molar-refractivity contribution in [1.82, 2.24) is 9.88 Å². The number of methoxy groups -OCH3 is 1. The van der Waals surface area contributed by atoms with Crippen LogP contribution in [0.1, 0.15) is 32.0 Å². The van der Waals surface area contributed by atoms with Gasteiger partial charge in [-0.15, -0.1) is 0 Å². The van der Waals surface area contributed by atoms with Crippen LogP contribution in [-0.4, -0.2) is 17.2 Å². The zero-order valence-electron chi connectivity index (χ0n) is 13.1. The molecular weight excluding hydrogens is 328 g/mol. The highest BCUT2D eigenvalue weighted by Gasteiger charge is 2.10. The van der Waals surface area contributed by atoms with Gasteiger partial charge in [-0.1, -0.05) is 6.07 Å². The van der Waals surface area contributed by atoms with Crippen LogP contribution in [0.3, 0.4) is 0 Å². The van der Waals surface area contributed by atoms with Crippen LogP contribution >= 0.6 is 15.9 Å². The number of rotatable bonds is 5. The minimum absolute atomic E-state index is 0.123. The summed E-state index contributed by atoms with van der Waals surface area (Å²) in [7, 11) is 1.68. The second-order valence-electron chi connectivity index (χ2n) is 6.20. The average Bonchev–Trinajstić information content (AvgIpc) is 2.83. The van der Waals surface area contributed by atoms with E-state index in [4.69, 9.17) is 4.74 Å². The predicted octanol–water partition coefficient (Wildman–Crippen LogP) is 4.20. The molecule has 2 rings (SSSR count). The molecule has 1 aromatic heterocycles. The Kier molecular flexibility index (Phi) is 5.12. The van der Waals surface area contributed by atoms with Crippen LogP contribution < -0.4 is 10.1 Å². The van der Waals surface area contributed by atoms with Crippen molar-refractivity contribution in [3.8, 4) is 5.75 Å². The summed E-state index contributed by atoms with van der Waals surface area (Å²) >= 11 is 3.54. The lowest BCUT2D eigenvalue weighted by Gasteiger charge is -2.21. The van der Waals surface area contributed by atoms with E-state index >= 15 is 0 Å². The molecule has 0 radical (unpaired) electrons. The molecule has 1 heterocycles. The van der Waals surface area contributed by atoms with E-state index in [-0.39, 0.29) is 5.54 Å². The Balaban J connectivity index is 2.10. The minimum atomic E-state index is 0.123. The maximum absolute atomic E-state index is 5.27. The Morgan fingerprint density at radius 3 is 2.62 bits per heavy atom. The van der Waals surface area contributed by atoms with E-state index in [0.717, 1.165) is 23.3 Å². The molecule has 0 aliphatic rings. The fourth-order valence-electron chi connectivity index (χ4n) is 2.12. The van der Waals surface area contributed by atoms with E-state index in [1.54, 1.807) is 7.11 Å². The van der Waals surface area contributed by atoms with E-state index in [2.05, 4.69) is 77.0 Å². The second-order valence-corrected chi connectivity index (χ2v) is 7.05. The van der Waals surface area contributed by atoms with Crippen LogP contribution in [0.5, 0.6) is 5.75 Å². The standard InChI is InChI=1S/C17H23BrN2O/c1-17(2,3)19-11-14-6-5-9-20(14)12-13-7-8-16(21-4)15(18)10-13/h5-10,19H,11-12H2,1-4H3. The third-order valence-electron chi connectivity index (χ3n) is 3.29. The van der Waals surface area contributed by atoms with Gasteiger partial charge in [0.1, 0.15) is 5.75 Å². The number of hydrogen-bond acceptors (Lipinski definition) is 2.